The number of hydrogen-bond donors (Lipinski definition) is 2. The third-order valence-electron chi connectivity index (χ3n) is 1.93. The molecule has 0 aromatic carbocycles. The fourth-order valence-electron chi connectivity index (χ4n) is 0.997. The molecule has 88 valence electrons. The number of rotatable bonds is 4. The molecule has 16 heavy (non-hydrogen) atoms. The van der Waals surface area contributed by atoms with Crippen molar-refractivity contribution in [2.75, 3.05) is 12.4 Å². The number of primary amides is 1. The highest BCUT2D eigenvalue weighted by atomic mass is 32.1. The molecule has 0 aliphatic heterocycles. The van der Waals surface area contributed by atoms with Gasteiger partial charge in [0.25, 0.3) is 0 Å². The van der Waals surface area contributed by atoms with E-state index in [0.717, 1.165) is 11.3 Å². The Hall–Kier alpha value is -1.63. The van der Waals surface area contributed by atoms with Crippen LogP contribution in [0.5, 0.6) is 0 Å². The Balaban J connectivity index is 2.85. The number of methoxy groups -OCH3 is 1. The minimum absolute atomic E-state index is 0.418. The van der Waals surface area contributed by atoms with Crippen LogP contribution < -0.4 is 11.1 Å². The van der Waals surface area contributed by atoms with Gasteiger partial charge in [-0.3, -0.25) is 4.79 Å². The Labute approximate surface area is 96.8 Å². The second-order valence-electron chi connectivity index (χ2n) is 3.19. The molecule has 0 radical (unpaired) electrons. The van der Waals surface area contributed by atoms with Crippen LogP contribution in [0.4, 0.5) is 5.13 Å². The van der Waals surface area contributed by atoms with Gasteiger partial charge in [0.2, 0.25) is 5.91 Å². The number of ether oxygens (including phenoxy) is 1. The van der Waals surface area contributed by atoms with Gasteiger partial charge in [-0.05, 0) is 13.8 Å². The smallest absolute Gasteiger partial charge is 0.350 e. The highest BCUT2D eigenvalue weighted by molar-refractivity contribution is 7.17. The van der Waals surface area contributed by atoms with Gasteiger partial charge >= 0.3 is 5.97 Å². The molecular weight excluding hydrogens is 230 g/mol. The molecule has 1 aromatic rings. The second-order valence-corrected chi connectivity index (χ2v) is 4.19. The molecular formula is C9H13N3O3S. The number of aromatic nitrogens is 1. The van der Waals surface area contributed by atoms with Crippen LogP contribution in [0.3, 0.4) is 0 Å². The minimum Gasteiger partial charge on any atom is -0.465 e. The molecule has 0 aliphatic rings. The van der Waals surface area contributed by atoms with Crippen molar-refractivity contribution in [2.24, 2.45) is 5.73 Å². The molecule has 1 heterocycles. The highest BCUT2D eigenvalue weighted by Crippen LogP contribution is 2.23. The molecule has 3 N–H and O–H groups in total. The molecule has 0 saturated heterocycles. The van der Waals surface area contributed by atoms with E-state index in [4.69, 9.17) is 5.73 Å². The number of thiazole rings is 1. The number of aryl methyl sites for hydroxylation is 1. The van der Waals surface area contributed by atoms with Crippen LogP contribution in [0.1, 0.15) is 22.3 Å². The predicted octanol–water partition coefficient (Wildman–Crippen LogP) is 0.524. The number of nitrogens with zero attached hydrogens (tertiary/aromatic N) is 1. The number of amides is 1. The predicted molar refractivity (Wildman–Crippen MR) is 60.5 cm³/mol. The number of hydrogen-bond acceptors (Lipinski definition) is 6. The van der Waals surface area contributed by atoms with Gasteiger partial charge in [0.1, 0.15) is 10.9 Å². The molecule has 1 aromatic heterocycles. The van der Waals surface area contributed by atoms with Gasteiger partial charge in [0, 0.05) is 0 Å². The fraction of sp³-hybridized carbons (Fsp3) is 0.444. The van der Waals surface area contributed by atoms with Crippen LogP contribution >= 0.6 is 11.3 Å². The zero-order valence-corrected chi connectivity index (χ0v) is 10.1. The van der Waals surface area contributed by atoms with Gasteiger partial charge in [0.15, 0.2) is 5.13 Å². The van der Waals surface area contributed by atoms with Crippen LogP contribution in [0.2, 0.25) is 0 Å². The lowest BCUT2D eigenvalue weighted by Gasteiger charge is -2.07. The Morgan fingerprint density at radius 3 is 2.69 bits per heavy atom. The first kappa shape index (κ1) is 12.4. The number of carbonyl (C=O) groups excluding carboxylic acids is 2. The van der Waals surface area contributed by atoms with E-state index in [9.17, 15) is 9.59 Å². The number of carbonyl (C=O) groups is 2. The van der Waals surface area contributed by atoms with E-state index in [-0.39, 0.29) is 0 Å². The van der Waals surface area contributed by atoms with E-state index in [2.05, 4.69) is 15.0 Å². The molecule has 0 aliphatic carbocycles. The average Bonchev–Trinajstić information content (AvgIpc) is 2.58. The summed E-state index contributed by atoms with van der Waals surface area (Å²) in [6, 6.07) is -0.531. The maximum atomic E-state index is 11.3. The number of nitrogens with two attached hydrogens (primary N) is 1. The topological polar surface area (TPSA) is 94.3 Å². The van der Waals surface area contributed by atoms with Crippen molar-refractivity contribution in [3.63, 3.8) is 0 Å². The normalized spacial score (nSPS) is 11.9. The molecule has 6 nitrogen and oxygen atoms in total. The van der Waals surface area contributed by atoms with E-state index in [0.29, 0.717) is 15.7 Å². The summed E-state index contributed by atoms with van der Waals surface area (Å²) in [5.74, 6) is -0.915. The van der Waals surface area contributed by atoms with Crippen molar-refractivity contribution in [3.05, 3.63) is 10.6 Å². The standard InChI is InChI=1S/C9H13N3O3S/c1-4-6(8(14)15-3)16-9(11-4)12-5(2)7(10)13/h5H,1-3H3,(H2,10,13)(H,11,12). The van der Waals surface area contributed by atoms with Gasteiger partial charge in [-0.1, -0.05) is 11.3 Å². The minimum atomic E-state index is -0.531. The lowest BCUT2D eigenvalue weighted by molar-refractivity contribution is -0.118. The molecule has 1 amide bonds. The monoisotopic (exact) mass is 243 g/mol. The van der Waals surface area contributed by atoms with E-state index in [1.165, 1.54) is 7.11 Å². The third kappa shape index (κ3) is 2.69. The average molecular weight is 243 g/mol. The zero-order valence-electron chi connectivity index (χ0n) is 9.23. The van der Waals surface area contributed by atoms with E-state index in [1.807, 2.05) is 0 Å². The summed E-state index contributed by atoms with van der Waals surface area (Å²) >= 11 is 1.13. The Bertz CT molecular complexity index is 416. The third-order valence-corrected chi connectivity index (χ3v) is 3.00. The lowest BCUT2D eigenvalue weighted by atomic mass is 10.3. The number of nitrogens with one attached hydrogen (secondary N) is 1. The summed E-state index contributed by atoms with van der Waals surface area (Å²) < 4.78 is 4.59. The summed E-state index contributed by atoms with van der Waals surface area (Å²) in [5, 5.41) is 3.28. The molecule has 1 unspecified atom stereocenters. The van der Waals surface area contributed by atoms with Gasteiger partial charge in [-0.25, -0.2) is 9.78 Å². The van der Waals surface area contributed by atoms with Crippen LogP contribution in [-0.4, -0.2) is 30.0 Å². The maximum Gasteiger partial charge on any atom is 0.350 e. The summed E-state index contributed by atoms with van der Waals surface area (Å²) in [6.45, 7) is 3.32. The number of anilines is 1. The van der Waals surface area contributed by atoms with Crippen LogP contribution in [0.25, 0.3) is 0 Å². The van der Waals surface area contributed by atoms with Crippen molar-refractivity contribution in [2.45, 2.75) is 19.9 Å². The van der Waals surface area contributed by atoms with E-state index in [1.54, 1.807) is 13.8 Å². The molecule has 1 rings (SSSR count). The van der Waals surface area contributed by atoms with Crippen LogP contribution in [-0.2, 0) is 9.53 Å². The summed E-state index contributed by atoms with van der Waals surface area (Å²) in [6.07, 6.45) is 0. The van der Waals surface area contributed by atoms with Crippen molar-refractivity contribution < 1.29 is 14.3 Å². The SMILES string of the molecule is COC(=O)c1sc(NC(C)C(N)=O)nc1C. The summed E-state index contributed by atoms with van der Waals surface area (Å²) in [7, 11) is 1.31. The first-order valence-corrected chi connectivity index (χ1v) is 5.39. The van der Waals surface area contributed by atoms with Crippen molar-refractivity contribution >= 4 is 28.3 Å². The Morgan fingerprint density at radius 1 is 1.56 bits per heavy atom. The second kappa shape index (κ2) is 4.93. The first-order valence-electron chi connectivity index (χ1n) is 4.57. The Morgan fingerprint density at radius 2 is 2.19 bits per heavy atom. The van der Waals surface area contributed by atoms with Gasteiger partial charge in [-0.15, -0.1) is 0 Å². The molecule has 0 fully saturated rings. The highest BCUT2D eigenvalue weighted by Gasteiger charge is 2.17. The van der Waals surface area contributed by atoms with Crippen LogP contribution in [0, 0.1) is 6.92 Å². The van der Waals surface area contributed by atoms with E-state index >= 15 is 0 Å². The number of esters is 1. The molecule has 0 saturated carbocycles. The molecule has 0 bridgehead atoms. The Kier molecular flexibility index (Phi) is 3.83. The van der Waals surface area contributed by atoms with Gasteiger partial charge in [-0.2, -0.15) is 0 Å². The van der Waals surface area contributed by atoms with Gasteiger partial charge < -0.3 is 15.8 Å². The summed E-state index contributed by atoms with van der Waals surface area (Å²) in [5.41, 5.74) is 5.66. The fourth-order valence-corrected chi connectivity index (χ4v) is 1.97. The largest absolute Gasteiger partial charge is 0.465 e. The van der Waals surface area contributed by atoms with Crippen molar-refractivity contribution in [1.29, 1.82) is 0 Å². The zero-order chi connectivity index (χ0) is 12.3. The van der Waals surface area contributed by atoms with Crippen LogP contribution in [0.15, 0.2) is 0 Å². The quantitative estimate of drug-likeness (QED) is 0.752. The van der Waals surface area contributed by atoms with Crippen molar-refractivity contribution in [1.82, 2.24) is 4.98 Å². The van der Waals surface area contributed by atoms with Gasteiger partial charge in [0.05, 0.1) is 12.8 Å². The lowest BCUT2D eigenvalue weighted by Crippen LogP contribution is -2.32. The maximum absolute atomic E-state index is 11.3. The summed E-state index contributed by atoms with van der Waals surface area (Å²) in [4.78, 5) is 26.6. The van der Waals surface area contributed by atoms with Crippen molar-refractivity contribution in [3.8, 4) is 0 Å². The van der Waals surface area contributed by atoms with E-state index < -0.39 is 17.9 Å². The molecule has 0 spiro atoms. The first-order chi connectivity index (χ1) is 7.45. The molecule has 7 heteroatoms. The molecule has 1 atom stereocenters.